The van der Waals surface area contributed by atoms with Crippen LogP contribution in [0.3, 0.4) is 0 Å². The van der Waals surface area contributed by atoms with E-state index < -0.39 is 5.97 Å². The zero-order valence-corrected chi connectivity index (χ0v) is 15.3. The first-order chi connectivity index (χ1) is 12.5. The fraction of sp³-hybridized carbons (Fsp3) is 0.238. The highest BCUT2D eigenvalue weighted by Gasteiger charge is 2.24. The van der Waals surface area contributed by atoms with Gasteiger partial charge in [-0.25, -0.2) is 9.79 Å². The van der Waals surface area contributed by atoms with Gasteiger partial charge in [-0.05, 0) is 54.0 Å². The van der Waals surface area contributed by atoms with Crippen LogP contribution in [0, 0.1) is 0 Å². The first-order valence-corrected chi connectivity index (χ1v) is 8.36. The van der Waals surface area contributed by atoms with Crippen LogP contribution in [-0.4, -0.2) is 26.1 Å². The van der Waals surface area contributed by atoms with Crippen LogP contribution in [0.25, 0.3) is 6.08 Å². The molecule has 5 nitrogen and oxygen atoms in total. The summed E-state index contributed by atoms with van der Waals surface area (Å²) in [5.41, 5.74) is 2.91. The number of rotatable bonds is 5. The summed E-state index contributed by atoms with van der Waals surface area (Å²) >= 11 is 0. The normalized spacial score (nSPS) is 15.2. The molecule has 0 N–H and O–H groups in total. The maximum atomic E-state index is 12.2. The van der Waals surface area contributed by atoms with Crippen LogP contribution in [0.1, 0.15) is 36.5 Å². The van der Waals surface area contributed by atoms with Crippen molar-refractivity contribution in [1.29, 1.82) is 0 Å². The van der Waals surface area contributed by atoms with Crippen molar-refractivity contribution in [2.75, 3.05) is 14.2 Å². The Bertz CT molecular complexity index is 879. The number of esters is 1. The first-order valence-electron chi connectivity index (χ1n) is 8.36. The number of hydrogen-bond donors (Lipinski definition) is 0. The molecule has 0 radical (unpaired) electrons. The van der Waals surface area contributed by atoms with E-state index in [1.165, 1.54) is 0 Å². The van der Waals surface area contributed by atoms with Crippen molar-refractivity contribution in [3.63, 3.8) is 0 Å². The molecular formula is C21H21NO4. The molecular weight excluding hydrogens is 330 g/mol. The molecule has 26 heavy (non-hydrogen) atoms. The minimum atomic E-state index is -0.479. The van der Waals surface area contributed by atoms with Gasteiger partial charge < -0.3 is 14.2 Å². The Balaban J connectivity index is 1.96. The van der Waals surface area contributed by atoms with Crippen LogP contribution in [0.15, 0.2) is 53.2 Å². The molecule has 2 aromatic carbocycles. The summed E-state index contributed by atoms with van der Waals surface area (Å²) in [6.45, 7) is 4.23. The van der Waals surface area contributed by atoms with Crippen LogP contribution in [0.4, 0.5) is 0 Å². The second-order valence-electron chi connectivity index (χ2n) is 6.22. The third-order valence-electron chi connectivity index (χ3n) is 4.17. The molecule has 0 unspecified atom stereocenters. The average molecular weight is 351 g/mol. The minimum Gasteiger partial charge on any atom is -0.497 e. The van der Waals surface area contributed by atoms with Crippen LogP contribution < -0.4 is 9.47 Å². The lowest BCUT2D eigenvalue weighted by molar-refractivity contribution is -0.129. The highest BCUT2D eigenvalue weighted by Crippen LogP contribution is 2.28. The summed E-state index contributed by atoms with van der Waals surface area (Å²) in [6.07, 6.45) is 1.70. The predicted octanol–water partition coefficient (Wildman–Crippen LogP) is 4.17. The molecule has 0 aromatic heterocycles. The number of cyclic esters (lactones) is 1. The highest BCUT2D eigenvalue weighted by molar-refractivity contribution is 6.13. The Morgan fingerprint density at radius 2 is 1.77 bits per heavy atom. The number of benzene rings is 2. The molecule has 0 bridgehead atoms. The van der Waals surface area contributed by atoms with Gasteiger partial charge in [0.15, 0.2) is 5.70 Å². The fourth-order valence-electron chi connectivity index (χ4n) is 2.64. The van der Waals surface area contributed by atoms with Gasteiger partial charge in [-0.15, -0.1) is 0 Å². The van der Waals surface area contributed by atoms with Gasteiger partial charge in [0.05, 0.1) is 14.2 Å². The smallest absolute Gasteiger partial charge is 0.363 e. The molecule has 134 valence electrons. The summed E-state index contributed by atoms with van der Waals surface area (Å²) in [5, 5.41) is 0. The molecule has 0 aliphatic carbocycles. The lowest BCUT2D eigenvalue weighted by Crippen LogP contribution is -2.05. The Hall–Kier alpha value is -3.08. The maximum absolute atomic E-state index is 12.2. The van der Waals surface area contributed by atoms with Crippen molar-refractivity contribution in [2.45, 2.75) is 19.8 Å². The number of methoxy groups -OCH3 is 2. The van der Waals surface area contributed by atoms with E-state index in [1.54, 1.807) is 44.6 Å². The van der Waals surface area contributed by atoms with Gasteiger partial charge in [0.25, 0.3) is 0 Å². The minimum absolute atomic E-state index is 0.245. The van der Waals surface area contributed by atoms with Crippen LogP contribution in [0.2, 0.25) is 0 Å². The second kappa shape index (κ2) is 7.44. The third kappa shape index (κ3) is 3.61. The molecule has 2 aromatic rings. The Morgan fingerprint density at radius 1 is 1.04 bits per heavy atom. The van der Waals surface area contributed by atoms with Gasteiger partial charge in [0.1, 0.15) is 11.5 Å². The zero-order valence-electron chi connectivity index (χ0n) is 15.3. The summed E-state index contributed by atoms with van der Waals surface area (Å²) in [6, 6.07) is 13.1. The summed E-state index contributed by atoms with van der Waals surface area (Å²) in [5.74, 6) is 1.58. The first kappa shape index (κ1) is 17.7. The van der Waals surface area contributed by atoms with Crippen LogP contribution >= 0.6 is 0 Å². The fourth-order valence-corrected chi connectivity index (χ4v) is 2.64. The molecule has 0 spiro atoms. The van der Waals surface area contributed by atoms with Gasteiger partial charge in [-0.3, -0.25) is 0 Å². The zero-order chi connectivity index (χ0) is 18.7. The molecule has 0 amide bonds. The predicted molar refractivity (Wildman–Crippen MR) is 101 cm³/mol. The van der Waals surface area contributed by atoms with E-state index in [0.29, 0.717) is 17.2 Å². The number of ether oxygens (including phenoxy) is 3. The van der Waals surface area contributed by atoms with E-state index in [1.807, 2.05) is 18.2 Å². The lowest BCUT2D eigenvalue weighted by atomic mass is 10.00. The summed E-state index contributed by atoms with van der Waals surface area (Å²) in [4.78, 5) is 16.6. The van der Waals surface area contributed by atoms with Crippen molar-refractivity contribution in [3.05, 3.63) is 64.9 Å². The molecule has 1 aliphatic rings. The van der Waals surface area contributed by atoms with Gasteiger partial charge >= 0.3 is 5.97 Å². The summed E-state index contributed by atoms with van der Waals surface area (Å²) < 4.78 is 15.9. The van der Waals surface area contributed by atoms with Crippen molar-refractivity contribution >= 4 is 17.9 Å². The molecule has 0 saturated carbocycles. The van der Waals surface area contributed by atoms with Gasteiger partial charge in [0.2, 0.25) is 5.90 Å². The van der Waals surface area contributed by atoms with Crippen molar-refractivity contribution < 1.29 is 19.0 Å². The average Bonchev–Trinajstić information content (AvgIpc) is 3.02. The van der Waals surface area contributed by atoms with Gasteiger partial charge in [0, 0.05) is 11.1 Å². The molecule has 0 fully saturated rings. The molecule has 0 saturated heterocycles. The third-order valence-corrected chi connectivity index (χ3v) is 4.17. The van der Waals surface area contributed by atoms with E-state index in [4.69, 9.17) is 14.2 Å². The van der Waals surface area contributed by atoms with E-state index in [2.05, 4.69) is 18.8 Å². The SMILES string of the molecule is COc1ccc(C2=N/C(=C\c3cc(C(C)C)ccc3OC)C(=O)O2)cc1. The number of aliphatic imine (C=N–C) groups is 1. The van der Waals surface area contributed by atoms with Crippen LogP contribution in [0.5, 0.6) is 11.5 Å². The number of hydrogen-bond acceptors (Lipinski definition) is 5. The van der Waals surface area contributed by atoms with E-state index in [0.717, 1.165) is 16.9 Å². The molecule has 1 heterocycles. The maximum Gasteiger partial charge on any atom is 0.363 e. The molecule has 5 heteroatoms. The highest BCUT2D eigenvalue weighted by atomic mass is 16.6. The van der Waals surface area contributed by atoms with Gasteiger partial charge in [-0.1, -0.05) is 19.9 Å². The quantitative estimate of drug-likeness (QED) is 0.599. The Labute approximate surface area is 152 Å². The summed E-state index contributed by atoms with van der Waals surface area (Å²) in [7, 11) is 3.20. The lowest BCUT2D eigenvalue weighted by Gasteiger charge is -2.10. The van der Waals surface area contributed by atoms with Crippen molar-refractivity contribution in [3.8, 4) is 11.5 Å². The van der Waals surface area contributed by atoms with Crippen molar-refractivity contribution in [1.82, 2.24) is 0 Å². The van der Waals surface area contributed by atoms with Gasteiger partial charge in [-0.2, -0.15) is 0 Å². The molecule has 3 rings (SSSR count). The van der Waals surface area contributed by atoms with E-state index >= 15 is 0 Å². The second-order valence-corrected chi connectivity index (χ2v) is 6.22. The Morgan fingerprint density at radius 3 is 2.38 bits per heavy atom. The molecule has 0 atom stereocenters. The topological polar surface area (TPSA) is 57.1 Å². The monoisotopic (exact) mass is 351 g/mol. The van der Waals surface area contributed by atoms with Crippen molar-refractivity contribution in [2.24, 2.45) is 4.99 Å². The number of nitrogens with zero attached hydrogens (tertiary/aromatic N) is 1. The van der Waals surface area contributed by atoms with E-state index in [-0.39, 0.29) is 11.6 Å². The largest absolute Gasteiger partial charge is 0.497 e. The van der Waals surface area contributed by atoms with E-state index in [9.17, 15) is 4.79 Å². The molecule has 1 aliphatic heterocycles. The van der Waals surface area contributed by atoms with Crippen LogP contribution in [-0.2, 0) is 9.53 Å². The standard InChI is InChI=1S/C21H21NO4/c1-13(2)15-7-10-19(25-4)16(11-15)12-18-21(23)26-20(22-18)14-5-8-17(24-3)9-6-14/h5-13H,1-4H3/b18-12-. The number of carbonyl (C=O) groups excluding carboxylic acids is 1. The number of carbonyl (C=O) groups is 1. The Kier molecular flexibility index (Phi) is 5.07.